The lowest BCUT2D eigenvalue weighted by molar-refractivity contribution is -0.116. The molecule has 1 unspecified atom stereocenters. The smallest absolute Gasteiger partial charge is 0.224 e. The molecule has 0 radical (unpaired) electrons. The minimum atomic E-state index is 0.00505. The number of anilines is 2. The molecule has 1 heterocycles. The molecule has 0 aromatic heterocycles. The Morgan fingerprint density at radius 3 is 2.84 bits per heavy atom. The van der Waals surface area contributed by atoms with E-state index >= 15 is 0 Å². The lowest BCUT2D eigenvalue weighted by Gasteiger charge is -2.12. The van der Waals surface area contributed by atoms with E-state index in [4.69, 9.17) is 10.5 Å². The van der Waals surface area contributed by atoms with Gasteiger partial charge in [0.25, 0.3) is 0 Å². The normalized spacial score (nSPS) is 18.5. The van der Waals surface area contributed by atoms with Crippen LogP contribution in [0.3, 0.4) is 0 Å². The number of nitrogen functional groups attached to an aromatic ring is 1. The molecule has 0 spiro atoms. The van der Waals surface area contributed by atoms with E-state index in [1.165, 1.54) is 0 Å². The third-order valence-electron chi connectivity index (χ3n) is 3.66. The summed E-state index contributed by atoms with van der Waals surface area (Å²) in [6.45, 7) is 4.85. The molecule has 104 valence electrons. The molecule has 0 saturated carbocycles. The first-order valence-corrected chi connectivity index (χ1v) is 6.84. The van der Waals surface area contributed by atoms with Crippen LogP contribution in [0.25, 0.3) is 0 Å². The van der Waals surface area contributed by atoms with Gasteiger partial charge in [-0.1, -0.05) is 0 Å². The zero-order chi connectivity index (χ0) is 13.8. The lowest BCUT2D eigenvalue weighted by atomic mass is 10.1. The van der Waals surface area contributed by atoms with Crippen molar-refractivity contribution in [3.63, 3.8) is 0 Å². The Kier molecular flexibility index (Phi) is 4.43. The number of hydrogen-bond acceptors (Lipinski definition) is 3. The number of benzene rings is 1. The zero-order valence-corrected chi connectivity index (χ0v) is 11.7. The van der Waals surface area contributed by atoms with Crippen LogP contribution in [-0.4, -0.2) is 18.6 Å². The van der Waals surface area contributed by atoms with Gasteiger partial charge in [-0.05, 0) is 56.4 Å². The topological polar surface area (TPSA) is 64.3 Å². The number of ether oxygens (including phenoxy) is 1. The summed E-state index contributed by atoms with van der Waals surface area (Å²) in [6.07, 6.45) is 3.70. The van der Waals surface area contributed by atoms with E-state index in [0.717, 1.165) is 37.0 Å². The quantitative estimate of drug-likeness (QED) is 0.820. The number of aryl methyl sites for hydroxylation is 2. The van der Waals surface area contributed by atoms with Crippen LogP contribution >= 0.6 is 0 Å². The van der Waals surface area contributed by atoms with Gasteiger partial charge in [-0.25, -0.2) is 0 Å². The van der Waals surface area contributed by atoms with Crippen molar-refractivity contribution in [3.05, 3.63) is 23.3 Å². The summed E-state index contributed by atoms with van der Waals surface area (Å²) in [5.74, 6) is 0.00505. The van der Waals surface area contributed by atoms with Crippen LogP contribution in [0.2, 0.25) is 0 Å². The van der Waals surface area contributed by atoms with Gasteiger partial charge >= 0.3 is 0 Å². The monoisotopic (exact) mass is 262 g/mol. The Bertz CT molecular complexity index is 465. The van der Waals surface area contributed by atoms with Gasteiger partial charge < -0.3 is 15.8 Å². The largest absolute Gasteiger partial charge is 0.397 e. The molecule has 0 bridgehead atoms. The second-order valence-electron chi connectivity index (χ2n) is 5.25. The summed E-state index contributed by atoms with van der Waals surface area (Å²) in [7, 11) is 0. The standard InChI is InChI=1S/C15H22N2O2/c1-10-8-13(16)14(9-11(10)2)17-15(18)6-5-12-4-3-7-19-12/h8-9,12H,3-7,16H2,1-2H3,(H,17,18). The molecule has 1 saturated heterocycles. The molecular formula is C15H22N2O2. The van der Waals surface area contributed by atoms with E-state index in [-0.39, 0.29) is 12.0 Å². The molecule has 2 rings (SSSR count). The molecule has 1 aliphatic heterocycles. The number of amides is 1. The SMILES string of the molecule is Cc1cc(N)c(NC(=O)CCC2CCCO2)cc1C. The second-order valence-corrected chi connectivity index (χ2v) is 5.25. The molecule has 1 fully saturated rings. The van der Waals surface area contributed by atoms with Crippen LogP contribution in [0.5, 0.6) is 0 Å². The minimum absolute atomic E-state index is 0.00505. The molecule has 0 aliphatic carbocycles. The zero-order valence-electron chi connectivity index (χ0n) is 11.7. The van der Waals surface area contributed by atoms with E-state index in [1.807, 2.05) is 26.0 Å². The molecule has 1 aromatic rings. The summed E-state index contributed by atoms with van der Waals surface area (Å²) in [6, 6.07) is 3.82. The van der Waals surface area contributed by atoms with E-state index in [0.29, 0.717) is 17.8 Å². The van der Waals surface area contributed by atoms with Gasteiger partial charge in [-0.15, -0.1) is 0 Å². The van der Waals surface area contributed by atoms with Crippen LogP contribution in [0, 0.1) is 13.8 Å². The fraction of sp³-hybridized carbons (Fsp3) is 0.533. The Morgan fingerprint density at radius 1 is 1.42 bits per heavy atom. The fourth-order valence-electron chi connectivity index (χ4n) is 2.32. The number of carbonyl (C=O) groups is 1. The van der Waals surface area contributed by atoms with Crippen molar-refractivity contribution >= 4 is 17.3 Å². The highest BCUT2D eigenvalue weighted by atomic mass is 16.5. The number of nitrogens with two attached hydrogens (primary N) is 1. The molecule has 1 aliphatic rings. The minimum Gasteiger partial charge on any atom is -0.397 e. The highest BCUT2D eigenvalue weighted by Crippen LogP contribution is 2.23. The molecule has 4 heteroatoms. The maximum atomic E-state index is 11.9. The van der Waals surface area contributed by atoms with Crippen molar-refractivity contribution in [3.8, 4) is 0 Å². The van der Waals surface area contributed by atoms with E-state index in [2.05, 4.69) is 5.32 Å². The summed E-state index contributed by atoms with van der Waals surface area (Å²) < 4.78 is 5.51. The molecule has 1 aromatic carbocycles. The maximum absolute atomic E-state index is 11.9. The highest BCUT2D eigenvalue weighted by molar-refractivity contribution is 5.94. The van der Waals surface area contributed by atoms with Crippen molar-refractivity contribution < 1.29 is 9.53 Å². The number of carbonyl (C=O) groups excluding carboxylic acids is 1. The Labute approximate surface area is 114 Å². The van der Waals surface area contributed by atoms with Crippen LogP contribution in [0.15, 0.2) is 12.1 Å². The average molecular weight is 262 g/mol. The summed E-state index contributed by atoms with van der Waals surface area (Å²) >= 11 is 0. The maximum Gasteiger partial charge on any atom is 0.224 e. The Balaban J connectivity index is 1.89. The van der Waals surface area contributed by atoms with Gasteiger partial charge in [-0.2, -0.15) is 0 Å². The van der Waals surface area contributed by atoms with Crippen molar-refractivity contribution in [2.24, 2.45) is 0 Å². The summed E-state index contributed by atoms with van der Waals surface area (Å²) in [5, 5.41) is 2.88. The van der Waals surface area contributed by atoms with Gasteiger partial charge in [0.2, 0.25) is 5.91 Å². The van der Waals surface area contributed by atoms with E-state index < -0.39 is 0 Å². The van der Waals surface area contributed by atoms with Gasteiger partial charge in [-0.3, -0.25) is 4.79 Å². The summed E-state index contributed by atoms with van der Waals surface area (Å²) in [4.78, 5) is 11.9. The van der Waals surface area contributed by atoms with Gasteiger partial charge in [0, 0.05) is 13.0 Å². The van der Waals surface area contributed by atoms with Crippen LogP contribution in [-0.2, 0) is 9.53 Å². The molecule has 4 nitrogen and oxygen atoms in total. The van der Waals surface area contributed by atoms with E-state index in [1.54, 1.807) is 0 Å². The van der Waals surface area contributed by atoms with Crippen molar-refractivity contribution in [2.45, 2.75) is 45.6 Å². The molecule has 1 amide bonds. The predicted octanol–water partition coefficient (Wildman–Crippen LogP) is 2.78. The van der Waals surface area contributed by atoms with E-state index in [9.17, 15) is 4.79 Å². The van der Waals surface area contributed by atoms with Crippen LogP contribution < -0.4 is 11.1 Å². The number of nitrogens with one attached hydrogen (secondary N) is 1. The summed E-state index contributed by atoms with van der Waals surface area (Å²) in [5.41, 5.74) is 9.51. The molecular weight excluding hydrogens is 240 g/mol. The van der Waals surface area contributed by atoms with Gasteiger partial charge in [0.15, 0.2) is 0 Å². The molecule has 3 N–H and O–H groups in total. The predicted molar refractivity (Wildman–Crippen MR) is 77.2 cm³/mol. The number of hydrogen-bond donors (Lipinski definition) is 2. The first kappa shape index (κ1) is 13.9. The van der Waals surface area contributed by atoms with Crippen molar-refractivity contribution in [1.29, 1.82) is 0 Å². The van der Waals surface area contributed by atoms with Crippen LogP contribution in [0.1, 0.15) is 36.8 Å². The lowest BCUT2D eigenvalue weighted by Crippen LogP contribution is -2.16. The van der Waals surface area contributed by atoms with Crippen LogP contribution in [0.4, 0.5) is 11.4 Å². The fourth-order valence-corrected chi connectivity index (χ4v) is 2.32. The van der Waals surface area contributed by atoms with Crippen molar-refractivity contribution in [2.75, 3.05) is 17.7 Å². The van der Waals surface area contributed by atoms with Crippen molar-refractivity contribution in [1.82, 2.24) is 0 Å². The number of rotatable bonds is 4. The van der Waals surface area contributed by atoms with Gasteiger partial charge in [0.1, 0.15) is 0 Å². The highest BCUT2D eigenvalue weighted by Gasteiger charge is 2.17. The first-order chi connectivity index (χ1) is 9.06. The van der Waals surface area contributed by atoms with Gasteiger partial charge in [0.05, 0.1) is 17.5 Å². The average Bonchev–Trinajstić information content (AvgIpc) is 2.86. The Hall–Kier alpha value is -1.55. The molecule has 19 heavy (non-hydrogen) atoms. The second kappa shape index (κ2) is 6.06. The Morgan fingerprint density at radius 2 is 2.16 bits per heavy atom. The third kappa shape index (κ3) is 3.70. The first-order valence-electron chi connectivity index (χ1n) is 6.84. The third-order valence-corrected chi connectivity index (χ3v) is 3.66. The molecule has 1 atom stereocenters.